The van der Waals surface area contributed by atoms with Crippen molar-refractivity contribution < 1.29 is 27.5 Å². The number of imide groups is 1. The van der Waals surface area contributed by atoms with Gasteiger partial charge in [-0.25, -0.2) is 18.0 Å². The lowest BCUT2D eigenvalue weighted by Crippen LogP contribution is -2.42. The van der Waals surface area contributed by atoms with Gasteiger partial charge in [0, 0.05) is 19.1 Å². The van der Waals surface area contributed by atoms with E-state index in [9.17, 15) is 22.8 Å². The van der Waals surface area contributed by atoms with Gasteiger partial charge in [-0.3, -0.25) is 10.1 Å². The molecule has 0 bridgehead atoms. The van der Waals surface area contributed by atoms with Gasteiger partial charge in [0.15, 0.2) is 6.61 Å². The fraction of sp³-hybridized carbons (Fsp3) is 0.471. The van der Waals surface area contributed by atoms with Gasteiger partial charge in [-0.2, -0.15) is 4.31 Å². The van der Waals surface area contributed by atoms with Crippen LogP contribution in [0.3, 0.4) is 0 Å². The number of hydrogen-bond acceptors (Lipinski definition) is 6. The molecule has 0 aliphatic heterocycles. The normalized spacial score (nSPS) is 14.1. The molecule has 2 N–H and O–H groups in total. The second-order valence-electron chi connectivity index (χ2n) is 6.51. The number of carbonyl (C=O) groups is 3. The number of amides is 3. The fourth-order valence-corrected chi connectivity index (χ4v) is 3.47. The first-order chi connectivity index (χ1) is 12.6. The van der Waals surface area contributed by atoms with Crippen LogP contribution in [0.15, 0.2) is 29.2 Å². The van der Waals surface area contributed by atoms with Crippen LogP contribution in [0.25, 0.3) is 0 Å². The van der Waals surface area contributed by atoms with Crippen LogP contribution >= 0.6 is 0 Å². The maximum atomic E-state index is 12.5. The van der Waals surface area contributed by atoms with Crippen molar-refractivity contribution in [3.05, 3.63) is 29.8 Å². The summed E-state index contributed by atoms with van der Waals surface area (Å²) in [6, 6.07) is 4.57. The Morgan fingerprint density at radius 3 is 2.52 bits per heavy atom. The van der Waals surface area contributed by atoms with Crippen molar-refractivity contribution in [1.29, 1.82) is 0 Å². The third-order valence-electron chi connectivity index (χ3n) is 3.97. The average molecular weight is 397 g/mol. The van der Waals surface area contributed by atoms with Crippen molar-refractivity contribution in [1.82, 2.24) is 14.9 Å². The molecule has 1 aromatic rings. The first-order valence-corrected chi connectivity index (χ1v) is 9.91. The zero-order valence-electron chi connectivity index (χ0n) is 15.4. The Labute approximate surface area is 158 Å². The highest BCUT2D eigenvalue weighted by Gasteiger charge is 2.25. The molecule has 0 saturated heterocycles. The first kappa shape index (κ1) is 20.8. The van der Waals surface area contributed by atoms with Crippen molar-refractivity contribution in [2.45, 2.75) is 43.7 Å². The summed E-state index contributed by atoms with van der Waals surface area (Å²) in [6.07, 6.45) is 1.75. The molecule has 1 aliphatic rings. The van der Waals surface area contributed by atoms with Gasteiger partial charge in [0.1, 0.15) is 0 Å². The Hall–Kier alpha value is -2.46. The van der Waals surface area contributed by atoms with Crippen molar-refractivity contribution in [3.8, 4) is 0 Å². The molecule has 10 heteroatoms. The molecule has 0 heterocycles. The highest BCUT2D eigenvalue weighted by Crippen LogP contribution is 2.19. The van der Waals surface area contributed by atoms with Crippen LogP contribution in [0, 0.1) is 0 Å². The summed E-state index contributed by atoms with van der Waals surface area (Å²) < 4.78 is 31.0. The van der Waals surface area contributed by atoms with Crippen LogP contribution < -0.4 is 10.6 Å². The fourth-order valence-electron chi connectivity index (χ4n) is 2.05. The molecule has 9 nitrogen and oxygen atoms in total. The van der Waals surface area contributed by atoms with Gasteiger partial charge in [-0.05, 0) is 44.9 Å². The summed E-state index contributed by atoms with van der Waals surface area (Å²) in [6.45, 7) is 2.81. The number of sulfonamides is 1. The Morgan fingerprint density at radius 2 is 1.93 bits per heavy atom. The molecule has 148 valence electrons. The predicted molar refractivity (Wildman–Crippen MR) is 96.5 cm³/mol. The number of ether oxygens (including phenoxy) is 1. The number of nitrogens with one attached hydrogen (secondary N) is 2. The molecule has 27 heavy (non-hydrogen) atoms. The Morgan fingerprint density at radius 1 is 1.26 bits per heavy atom. The van der Waals surface area contributed by atoms with Crippen LogP contribution in [0.5, 0.6) is 0 Å². The summed E-state index contributed by atoms with van der Waals surface area (Å²) in [5.41, 5.74) is -0.0107. The average Bonchev–Trinajstić information content (AvgIpc) is 3.42. The summed E-state index contributed by atoms with van der Waals surface area (Å²) in [4.78, 5) is 35.1. The zero-order chi connectivity index (χ0) is 20.2. The predicted octanol–water partition coefficient (Wildman–Crippen LogP) is 0.861. The van der Waals surface area contributed by atoms with Gasteiger partial charge in [0.25, 0.3) is 5.91 Å². The number of esters is 1. The Balaban J connectivity index is 1.96. The van der Waals surface area contributed by atoms with E-state index >= 15 is 0 Å². The minimum absolute atomic E-state index is 0.0107. The third-order valence-corrected chi connectivity index (χ3v) is 6.00. The van der Waals surface area contributed by atoms with Crippen molar-refractivity contribution in [2.24, 2.45) is 0 Å². The number of rotatable bonds is 7. The van der Waals surface area contributed by atoms with Gasteiger partial charge in [-0.1, -0.05) is 6.07 Å². The molecular formula is C17H23N3O6S. The summed E-state index contributed by atoms with van der Waals surface area (Å²) in [5.74, 6) is -1.64. The van der Waals surface area contributed by atoms with Crippen LogP contribution in [0.2, 0.25) is 0 Å². The molecule has 0 radical (unpaired) electrons. The van der Waals surface area contributed by atoms with E-state index in [0.717, 1.165) is 12.8 Å². The zero-order valence-corrected chi connectivity index (χ0v) is 16.2. The minimum Gasteiger partial charge on any atom is -0.452 e. The number of carbonyl (C=O) groups excluding carboxylic acids is 3. The Kier molecular flexibility index (Phi) is 6.55. The van der Waals surface area contributed by atoms with Crippen LogP contribution in [0.4, 0.5) is 4.79 Å². The molecule has 1 aliphatic carbocycles. The maximum Gasteiger partial charge on any atom is 0.338 e. The van der Waals surface area contributed by atoms with Crippen LogP contribution in [-0.2, 0) is 19.6 Å². The van der Waals surface area contributed by atoms with Gasteiger partial charge >= 0.3 is 12.0 Å². The summed E-state index contributed by atoms with van der Waals surface area (Å²) >= 11 is 0. The third kappa shape index (κ3) is 5.76. The molecule has 0 unspecified atom stereocenters. The highest BCUT2D eigenvalue weighted by molar-refractivity contribution is 7.89. The highest BCUT2D eigenvalue weighted by atomic mass is 32.2. The van der Waals surface area contributed by atoms with E-state index in [4.69, 9.17) is 4.74 Å². The van der Waals surface area contributed by atoms with Crippen LogP contribution in [-0.4, -0.2) is 56.4 Å². The van der Waals surface area contributed by atoms with E-state index in [1.54, 1.807) is 13.8 Å². The van der Waals surface area contributed by atoms with Gasteiger partial charge in [-0.15, -0.1) is 0 Å². The quantitative estimate of drug-likeness (QED) is 0.658. The molecular weight excluding hydrogens is 374 g/mol. The topological polar surface area (TPSA) is 122 Å². The van der Waals surface area contributed by atoms with Crippen molar-refractivity contribution >= 4 is 27.9 Å². The van der Waals surface area contributed by atoms with Gasteiger partial charge in [0.2, 0.25) is 10.0 Å². The molecule has 0 spiro atoms. The Bertz CT molecular complexity index is 833. The van der Waals surface area contributed by atoms with Gasteiger partial charge in [0.05, 0.1) is 10.5 Å². The molecule has 1 fully saturated rings. The molecule has 0 atom stereocenters. The molecule has 1 aromatic carbocycles. The summed E-state index contributed by atoms with van der Waals surface area (Å²) in [5, 5.41) is 4.62. The van der Waals surface area contributed by atoms with Crippen molar-refractivity contribution in [2.75, 3.05) is 13.7 Å². The maximum absolute atomic E-state index is 12.5. The SMILES string of the molecule is CC(C)N(C)S(=O)(=O)c1cccc(C(=O)OCC(=O)NC(=O)NC2CC2)c1. The standard InChI is InChI=1S/C17H23N3O6S/c1-11(2)20(3)27(24,25)14-6-4-5-12(9-14)16(22)26-10-15(21)19-17(23)18-13-7-8-13/h4-6,9,11,13H,7-8,10H2,1-3H3,(H2,18,19,21,23). The lowest BCUT2D eigenvalue weighted by molar-refractivity contribution is -0.123. The lowest BCUT2D eigenvalue weighted by atomic mass is 10.2. The molecule has 1 saturated carbocycles. The second kappa shape index (κ2) is 8.49. The monoisotopic (exact) mass is 397 g/mol. The smallest absolute Gasteiger partial charge is 0.338 e. The number of benzene rings is 1. The largest absolute Gasteiger partial charge is 0.452 e. The van der Waals surface area contributed by atoms with Crippen molar-refractivity contribution in [3.63, 3.8) is 0 Å². The molecule has 3 amide bonds. The molecule has 2 rings (SSSR count). The van der Waals surface area contributed by atoms with Crippen LogP contribution in [0.1, 0.15) is 37.0 Å². The van der Waals surface area contributed by atoms with E-state index < -0.39 is 34.5 Å². The number of hydrogen-bond donors (Lipinski definition) is 2. The second-order valence-corrected chi connectivity index (χ2v) is 8.51. The van der Waals surface area contributed by atoms with E-state index in [-0.39, 0.29) is 22.5 Å². The van der Waals surface area contributed by atoms with E-state index in [0.29, 0.717) is 0 Å². The minimum atomic E-state index is -3.75. The first-order valence-electron chi connectivity index (χ1n) is 8.47. The molecule has 0 aromatic heterocycles. The van der Waals surface area contributed by atoms with Gasteiger partial charge < -0.3 is 10.1 Å². The lowest BCUT2D eigenvalue weighted by Gasteiger charge is -2.21. The number of nitrogens with zero attached hydrogens (tertiary/aromatic N) is 1. The van der Waals surface area contributed by atoms with E-state index in [1.807, 2.05) is 0 Å². The number of urea groups is 1. The van der Waals surface area contributed by atoms with E-state index in [2.05, 4.69) is 10.6 Å². The van der Waals surface area contributed by atoms with E-state index in [1.165, 1.54) is 35.6 Å². The summed E-state index contributed by atoms with van der Waals surface area (Å²) in [7, 11) is -2.31.